The number of rotatable bonds is 3. The lowest BCUT2D eigenvalue weighted by molar-refractivity contribution is -0.144. The smallest absolute Gasteiger partial charge is 0.366 e. The molecule has 1 aromatic rings. The molecule has 0 saturated carbocycles. The van der Waals surface area contributed by atoms with Crippen LogP contribution in [0.25, 0.3) is 0 Å². The van der Waals surface area contributed by atoms with Gasteiger partial charge in [0.05, 0.1) is 0 Å². The maximum atomic E-state index is 12.4. The predicted octanol–water partition coefficient (Wildman–Crippen LogP) is 3.53. The molecule has 0 spiro atoms. The van der Waals surface area contributed by atoms with Gasteiger partial charge < -0.3 is 5.32 Å². The number of nitrogens with one attached hydrogen (secondary N) is 1. The maximum Gasteiger partial charge on any atom is 0.451 e. The van der Waals surface area contributed by atoms with E-state index in [1.54, 1.807) is 0 Å². The van der Waals surface area contributed by atoms with Gasteiger partial charge in [-0.25, -0.2) is 9.97 Å². The summed E-state index contributed by atoms with van der Waals surface area (Å²) in [7, 11) is 0. The summed E-state index contributed by atoms with van der Waals surface area (Å²) < 4.78 is 37.1. The Bertz CT molecular complexity index is 425. The molecule has 0 unspecified atom stereocenters. The average Bonchev–Trinajstić information content (AvgIpc) is 2.14. The highest BCUT2D eigenvalue weighted by molar-refractivity contribution is 6.29. The van der Waals surface area contributed by atoms with Crippen molar-refractivity contribution in [2.24, 2.45) is 0 Å². The van der Waals surface area contributed by atoms with Crippen LogP contribution in [0.5, 0.6) is 0 Å². The Balaban J connectivity index is 2.87. The second-order valence-electron chi connectivity index (χ2n) is 3.56. The van der Waals surface area contributed by atoms with Crippen LogP contribution in [0.15, 0.2) is 17.7 Å². The largest absolute Gasteiger partial charge is 0.451 e. The molecule has 0 aliphatic rings. The molecule has 1 heterocycles. The van der Waals surface area contributed by atoms with Crippen molar-refractivity contribution in [2.45, 2.75) is 20.0 Å². The van der Waals surface area contributed by atoms with Gasteiger partial charge in [0.15, 0.2) is 0 Å². The highest BCUT2D eigenvalue weighted by atomic mass is 35.5. The molecular weight excluding hydrogens is 255 g/mol. The summed E-state index contributed by atoms with van der Waals surface area (Å²) in [6, 6.07) is 1.25. The number of aromatic nitrogens is 2. The van der Waals surface area contributed by atoms with Crippen molar-refractivity contribution in [1.82, 2.24) is 9.97 Å². The van der Waals surface area contributed by atoms with E-state index >= 15 is 0 Å². The first-order valence-electron chi connectivity index (χ1n) is 4.78. The van der Waals surface area contributed by atoms with Gasteiger partial charge in [-0.15, -0.1) is 0 Å². The topological polar surface area (TPSA) is 37.8 Å². The number of halogens is 4. The number of allylic oxidation sites excluding steroid dienone is 1. The fourth-order valence-corrected chi connectivity index (χ4v) is 1.18. The number of hydrogen-bond acceptors (Lipinski definition) is 3. The van der Waals surface area contributed by atoms with Crippen LogP contribution < -0.4 is 5.32 Å². The van der Waals surface area contributed by atoms with Crippen LogP contribution >= 0.6 is 11.6 Å². The first-order chi connectivity index (χ1) is 7.79. The summed E-state index contributed by atoms with van der Waals surface area (Å²) in [5.74, 6) is -1.19. The summed E-state index contributed by atoms with van der Waals surface area (Å²) in [6.07, 6.45) is -2.78. The van der Waals surface area contributed by atoms with Crippen LogP contribution in [-0.4, -0.2) is 16.5 Å². The van der Waals surface area contributed by atoms with Gasteiger partial charge >= 0.3 is 6.18 Å². The highest BCUT2D eigenvalue weighted by Crippen LogP contribution is 2.28. The van der Waals surface area contributed by atoms with Gasteiger partial charge in [0.2, 0.25) is 5.82 Å². The van der Waals surface area contributed by atoms with Gasteiger partial charge in [-0.3, -0.25) is 0 Å². The average molecular weight is 266 g/mol. The van der Waals surface area contributed by atoms with Crippen LogP contribution in [0.4, 0.5) is 19.0 Å². The lowest BCUT2D eigenvalue weighted by Gasteiger charge is -2.08. The molecule has 0 saturated heterocycles. The third-order valence-electron chi connectivity index (χ3n) is 1.74. The fourth-order valence-electron chi connectivity index (χ4n) is 0.995. The highest BCUT2D eigenvalue weighted by Gasteiger charge is 2.35. The normalized spacial score (nSPS) is 11.2. The van der Waals surface area contributed by atoms with Crippen molar-refractivity contribution in [3.63, 3.8) is 0 Å². The number of anilines is 1. The van der Waals surface area contributed by atoms with E-state index in [1.807, 2.05) is 19.9 Å². The Morgan fingerprint density at radius 2 is 2.06 bits per heavy atom. The van der Waals surface area contributed by atoms with Crippen LogP contribution in [0.1, 0.15) is 19.7 Å². The maximum absolute atomic E-state index is 12.4. The Kier molecular flexibility index (Phi) is 4.34. The second-order valence-corrected chi connectivity index (χ2v) is 3.95. The van der Waals surface area contributed by atoms with Crippen molar-refractivity contribution in [2.75, 3.05) is 11.9 Å². The summed E-state index contributed by atoms with van der Waals surface area (Å²) >= 11 is 5.49. The molecule has 0 bridgehead atoms. The van der Waals surface area contributed by atoms with Crippen LogP contribution in [0, 0.1) is 0 Å². The Morgan fingerprint density at radius 3 is 2.59 bits per heavy atom. The third kappa shape index (κ3) is 4.60. The molecule has 7 heteroatoms. The van der Waals surface area contributed by atoms with Crippen LogP contribution in [0.2, 0.25) is 5.15 Å². The van der Waals surface area contributed by atoms with E-state index < -0.39 is 12.0 Å². The number of hydrogen-bond donors (Lipinski definition) is 1. The van der Waals surface area contributed by atoms with E-state index in [0.29, 0.717) is 6.54 Å². The standard InChI is InChI=1S/C10H11ClF3N3/c1-6(2)3-4-15-8-5-7(11)16-9(17-8)10(12,13)14/h3,5H,4H2,1-2H3,(H,15,16,17). The van der Waals surface area contributed by atoms with Gasteiger partial charge in [-0.2, -0.15) is 13.2 Å². The molecule has 1 N–H and O–H groups in total. The van der Waals surface area contributed by atoms with E-state index in [0.717, 1.165) is 5.57 Å². The minimum absolute atomic E-state index is 0.0508. The van der Waals surface area contributed by atoms with E-state index in [4.69, 9.17) is 11.6 Å². The molecule has 1 rings (SSSR count). The van der Waals surface area contributed by atoms with Crippen molar-refractivity contribution in [3.05, 3.63) is 28.7 Å². The zero-order valence-electron chi connectivity index (χ0n) is 9.27. The molecule has 0 aliphatic heterocycles. The molecule has 0 atom stereocenters. The molecule has 0 aromatic carbocycles. The van der Waals surface area contributed by atoms with Gasteiger partial charge in [-0.1, -0.05) is 23.3 Å². The summed E-state index contributed by atoms with van der Waals surface area (Å²) in [6.45, 7) is 4.15. The van der Waals surface area contributed by atoms with E-state index in [-0.39, 0.29) is 11.0 Å². The first-order valence-corrected chi connectivity index (χ1v) is 5.16. The lowest BCUT2D eigenvalue weighted by atomic mass is 10.3. The minimum atomic E-state index is -4.60. The zero-order chi connectivity index (χ0) is 13.1. The van der Waals surface area contributed by atoms with Crippen LogP contribution in [0.3, 0.4) is 0 Å². The lowest BCUT2D eigenvalue weighted by Crippen LogP contribution is -2.13. The van der Waals surface area contributed by atoms with Gasteiger partial charge in [0, 0.05) is 12.6 Å². The van der Waals surface area contributed by atoms with E-state index in [2.05, 4.69) is 15.3 Å². The molecule has 0 amide bonds. The Labute approximate surface area is 102 Å². The summed E-state index contributed by atoms with van der Waals surface area (Å²) in [5.41, 5.74) is 1.05. The Morgan fingerprint density at radius 1 is 1.41 bits per heavy atom. The first kappa shape index (κ1) is 13.8. The zero-order valence-corrected chi connectivity index (χ0v) is 10.0. The monoisotopic (exact) mass is 265 g/mol. The molecule has 1 aromatic heterocycles. The number of nitrogens with zero attached hydrogens (tertiary/aromatic N) is 2. The van der Waals surface area contributed by atoms with Gasteiger partial charge in [0.25, 0.3) is 0 Å². The summed E-state index contributed by atoms with van der Waals surface area (Å²) in [5, 5.41) is 2.47. The molecule has 94 valence electrons. The van der Waals surface area contributed by atoms with E-state index in [9.17, 15) is 13.2 Å². The minimum Gasteiger partial charge on any atom is -0.366 e. The van der Waals surface area contributed by atoms with Crippen molar-refractivity contribution in [3.8, 4) is 0 Å². The fraction of sp³-hybridized carbons (Fsp3) is 0.400. The molecule has 0 fully saturated rings. The molecule has 0 radical (unpaired) electrons. The van der Waals surface area contributed by atoms with E-state index in [1.165, 1.54) is 6.07 Å². The predicted molar refractivity (Wildman–Crippen MR) is 60.0 cm³/mol. The van der Waals surface area contributed by atoms with Crippen LogP contribution in [-0.2, 0) is 6.18 Å². The summed E-state index contributed by atoms with van der Waals surface area (Å²) in [4.78, 5) is 6.46. The third-order valence-corrected chi connectivity index (χ3v) is 1.94. The van der Waals surface area contributed by atoms with Crippen molar-refractivity contribution < 1.29 is 13.2 Å². The SMILES string of the molecule is CC(C)=CCNc1cc(Cl)nc(C(F)(F)F)n1. The molecule has 3 nitrogen and oxygen atoms in total. The van der Waals surface area contributed by atoms with Gasteiger partial charge in [0.1, 0.15) is 11.0 Å². The molecule has 17 heavy (non-hydrogen) atoms. The van der Waals surface area contributed by atoms with Crippen molar-refractivity contribution in [1.29, 1.82) is 0 Å². The quantitative estimate of drug-likeness (QED) is 0.671. The molecular formula is C10H11ClF3N3. The molecule has 0 aliphatic carbocycles. The second kappa shape index (κ2) is 5.35. The van der Waals surface area contributed by atoms with Gasteiger partial charge in [-0.05, 0) is 13.8 Å². The number of alkyl halides is 3. The Hall–Kier alpha value is -1.30. The van der Waals surface area contributed by atoms with Crippen molar-refractivity contribution >= 4 is 17.4 Å².